The average Bonchev–Trinajstić information content (AvgIpc) is 3.18. The van der Waals surface area contributed by atoms with Gasteiger partial charge in [0.1, 0.15) is 17.3 Å². The van der Waals surface area contributed by atoms with Crippen LogP contribution in [0.15, 0.2) is 72.3 Å². The number of anilines is 1. The van der Waals surface area contributed by atoms with Gasteiger partial charge in [0.15, 0.2) is 0 Å². The topological polar surface area (TPSA) is 102 Å². The van der Waals surface area contributed by atoms with Crippen molar-refractivity contribution < 1.29 is 33.7 Å². The first-order chi connectivity index (χ1) is 18.2. The number of Topliss-reactive ketones (excluding diaryl/α,β-unsaturated/α-hetero) is 1. The first-order valence-corrected chi connectivity index (χ1v) is 12.1. The summed E-state index contributed by atoms with van der Waals surface area (Å²) in [6.45, 7) is 5.66. The minimum Gasteiger partial charge on any atom is -0.507 e. The van der Waals surface area contributed by atoms with Gasteiger partial charge in [-0.2, -0.15) is 0 Å². The van der Waals surface area contributed by atoms with Crippen molar-refractivity contribution in [2.75, 3.05) is 19.1 Å². The summed E-state index contributed by atoms with van der Waals surface area (Å²) in [5.41, 5.74) is 2.02. The molecule has 1 aliphatic rings. The average molecular weight is 516 g/mol. The van der Waals surface area contributed by atoms with Crippen molar-refractivity contribution >= 4 is 29.1 Å². The summed E-state index contributed by atoms with van der Waals surface area (Å²) < 4.78 is 16.2. The second-order valence-corrected chi connectivity index (χ2v) is 9.10. The number of hydrogen-bond acceptors (Lipinski definition) is 7. The third kappa shape index (κ3) is 4.85. The van der Waals surface area contributed by atoms with E-state index >= 15 is 0 Å². The summed E-state index contributed by atoms with van der Waals surface area (Å²) >= 11 is 0. The Bertz CT molecular complexity index is 1440. The second kappa shape index (κ2) is 10.8. The summed E-state index contributed by atoms with van der Waals surface area (Å²) in [4.78, 5) is 40.4. The van der Waals surface area contributed by atoms with Gasteiger partial charge in [-0.05, 0) is 68.8 Å². The SMILES string of the molecule is COC(=O)c1cccc(N2C(=O)C(=O)/C(=C(/O)c3ccc(OC(C)C)c(C)c3)C2c2ccccc2OC)c1. The molecule has 1 saturated heterocycles. The molecule has 1 heterocycles. The van der Waals surface area contributed by atoms with E-state index in [1.165, 1.54) is 25.2 Å². The first kappa shape index (κ1) is 26.5. The zero-order valence-electron chi connectivity index (χ0n) is 21.8. The number of ketones is 1. The highest BCUT2D eigenvalue weighted by Gasteiger charge is 2.48. The minimum absolute atomic E-state index is 0.0372. The van der Waals surface area contributed by atoms with Crippen LogP contribution in [-0.4, -0.2) is 43.1 Å². The highest BCUT2D eigenvalue weighted by molar-refractivity contribution is 6.51. The zero-order valence-corrected chi connectivity index (χ0v) is 21.8. The number of aliphatic hydroxyl groups excluding tert-OH is 1. The van der Waals surface area contributed by atoms with Gasteiger partial charge in [-0.3, -0.25) is 14.5 Å². The van der Waals surface area contributed by atoms with E-state index in [2.05, 4.69) is 0 Å². The molecule has 3 aromatic rings. The van der Waals surface area contributed by atoms with Crippen LogP contribution < -0.4 is 14.4 Å². The number of benzene rings is 3. The molecule has 3 aromatic carbocycles. The first-order valence-electron chi connectivity index (χ1n) is 12.1. The van der Waals surface area contributed by atoms with Crippen LogP contribution in [-0.2, 0) is 14.3 Å². The van der Waals surface area contributed by atoms with E-state index in [0.717, 1.165) is 5.56 Å². The molecule has 0 aromatic heterocycles. The summed E-state index contributed by atoms with van der Waals surface area (Å²) in [6.07, 6.45) is -0.0372. The molecule has 8 heteroatoms. The fourth-order valence-electron chi connectivity index (χ4n) is 4.52. The highest BCUT2D eigenvalue weighted by atomic mass is 16.5. The fraction of sp³-hybridized carbons (Fsp3) is 0.233. The second-order valence-electron chi connectivity index (χ2n) is 9.10. The Balaban J connectivity index is 1.94. The van der Waals surface area contributed by atoms with Gasteiger partial charge in [-0.1, -0.05) is 24.3 Å². The number of hydrogen-bond donors (Lipinski definition) is 1. The summed E-state index contributed by atoms with van der Waals surface area (Å²) in [5, 5.41) is 11.5. The molecule has 0 aliphatic carbocycles. The number of carbonyl (C=O) groups is 3. The van der Waals surface area contributed by atoms with Crippen LogP contribution in [0, 0.1) is 6.92 Å². The Morgan fingerprint density at radius 1 is 0.921 bits per heavy atom. The van der Waals surface area contributed by atoms with E-state index in [9.17, 15) is 19.5 Å². The van der Waals surface area contributed by atoms with E-state index in [1.54, 1.807) is 60.7 Å². The van der Waals surface area contributed by atoms with E-state index in [1.807, 2.05) is 20.8 Å². The van der Waals surface area contributed by atoms with E-state index < -0.39 is 23.7 Å². The predicted octanol–water partition coefficient (Wildman–Crippen LogP) is 5.20. The number of esters is 1. The van der Waals surface area contributed by atoms with Crippen molar-refractivity contribution in [3.63, 3.8) is 0 Å². The molecule has 1 atom stereocenters. The Labute approximate surface area is 221 Å². The lowest BCUT2D eigenvalue weighted by Crippen LogP contribution is -2.29. The van der Waals surface area contributed by atoms with Crippen LogP contribution in [0.2, 0.25) is 0 Å². The van der Waals surface area contributed by atoms with Gasteiger partial charge in [0.05, 0.1) is 37.5 Å². The van der Waals surface area contributed by atoms with Gasteiger partial charge in [-0.25, -0.2) is 4.79 Å². The molecule has 1 fully saturated rings. The molecule has 1 amide bonds. The van der Waals surface area contributed by atoms with E-state index in [4.69, 9.17) is 14.2 Å². The van der Waals surface area contributed by atoms with E-state index in [0.29, 0.717) is 28.3 Å². The van der Waals surface area contributed by atoms with Crippen molar-refractivity contribution in [3.05, 3.63) is 94.6 Å². The van der Waals surface area contributed by atoms with Crippen molar-refractivity contribution in [1.82, 2.24) is 0 Å². The lowest BCUT2D eigenvalue weighted by molar-refractivity contribution is -0.132. The molecule has 0 radical (unpaired) electrons. The largest absolute Gasteiger partial charge is 0.507 e. The molecule has 38 heavy (non-hydrogen) atoms. The van der Waals surface area contributed by atoms with Crippen LogP contribution in [0.3, 0.4) is 0 Å². The molecule has 0 saturated carbocycles. The maximum atomic E-state index is 13.5. The third-order valence-corrected chi connectivity index (χ3v) is 6.23. The number of rotatable bonds is 7. The lowest BCUT2D eigenvalue weighted by atomic mass is 9.94. The van der Waals surface area contributed by atoms with Crippen molar-refractivity contribution in [1.29, 1.82) is 0 Å². The zero-order chi connectivity index (χ0) is 27.6. The maximum Gasteiger partial charge on any atom is 0.337 e. The van der Waals surface area contributed by atoms with Gasteiger partial charge >= 0.3 is 5.97 Å². The summed E-state index contributed by atoms with van der Waals surface area (Å²) in [5.74, 6) is -1.54. The van der Waals surface area contributed by atoms with Crippen LogP contribution in [0.4, 0.5) is 5.69 Å². The smallest absolute Gasteiger partial charge is 0.337 e. The van der Waals surface area contributed by atoms with Gasteiger partial charge in [0.25, 0.3) is 11.7 Å². The Morgan fingerprint density at radius 3 is 2.32 bits per heavy atom. The van der Waals surface area contributed by atoms with Gasteiger partial charge in [0.2, 0.25) is 0 Å². The number of para-hydroxylation sites is 1. The molecule has 1 unspecified atom stereocenters. The molecule has 1 aliphatic heterocycles. The van der Waals surface area contributed by atoms with Gasteiger partial charge in [-0.15, -0.1) is 0 Å². The number of amides is 1. The van der Waals surface area contributed by atoms with Crippen molar-refractivity contribution in [3.8, 4) is 11.5 Å². The summed E-state index contributed by atoms with van der Waals surface area (Å²) in [7, 11) is 2.75. The molecule has 0 spiro atoms. The molecule has 1 N–H and O–H groups in total. The number of carbonyl (C=O) groups excluding carboxylic acids is 3. The predicted molar refractivity (Wildman–Crippen MR) is 143 cm³/mol. The number of aryl methyl sites for hydroxylation is 1. The normalized spacial score (nSPS) is 16.6. The number of nitrogens with zero attached hydrogens (tertiary/aromatic N) is 1. The van der Waals surface area contributed by atoms with Crippen molar-refractivity contribution in [2.24, 2.45) is 0 Å². The molecule has 196 valence electrons. The monoisotopic (exact) mass is 515 g/mol. The maximum absolute atomic E-state index is 13.5. The Morgan fingerprint density at radius 2 is 1.66 bits per heavy atom. The fourth-order valence-corrected chi connectivity index (χ4v) is 4.52. The highest BCUT2D eigenvalue weighted by Crippen LogP contribution is 2.45. The number of ether oxygens (including phenoxy) is 3. The van der Waals surface area contributed by atoms with Crippen LogP contribution in [0.25, 0.3) is 5.76 Å². The third-order valence-electron chi connectivity index (χ3n) is 6.23. The number of aliphatic hydroxyl groups is 1. The molecule has 4 rings (SSSR count). The lowest BCUT2D eigenvalue weighted by Gasteiger charge is -2.27. The van der Waals surface area contributed by atoms with Crippen LogP contribution >= 0.6 is 0 Å². The van der Waals surface area contributed by atoms with Gasteiger partial charge in [0, 0.05) is 16.8 Å². The minimum atomic E-state index is -1.02. The standard InChI is InChI=1S/C30H29NO7/c1-17(2)38-23-14-13-19(15-18(23)3)27(32)25-26(22-11-6-7-12-24(22)36-4)31(29(34)28(25)33)21-10-8-9-20(16-21)30(35)37-5/h6-17,26,32H,1-5H3/b27-25+. The van der Waals surface area contributed by atoms with Crippen molar-refractivity contribution in [2.45, 2.75) is 32.9 Å². The summed E-state index contributed by atoms with van der Waals surface area (Å²) in [6, 6.07) is 17.2. The molecule has 8 nitrogen and oxygen atoms in total. The van der Waals surface area contributed by atoms with Crippen LogP contribution in [0.5, 0.6) is 11.5 Å². The quantitative estimate of drug-likeness (QED) is 0.200. The molecule has 0 bridgehead atoms. The van der Waals surface area contributed by atoms with E-state index in [-0.39, 0.29) is 23.0 Å². The Hall–Kier alpha value is -4.59. The van der Waals surface area contributed by atoms with Crippen LogP contribution in [0.1, 0.15) is 46.9 Å². The molecular weight excluding hydrogens is 486 g/mol. The molecular formula is C30H29NO7. The Kier molecular flexibility index (Phi) is 7.52. The van der Waals surface area contributed by atoms with Gasteiger partial charge < -0.3 is 19.3 Å². The number of methoxy groups -OCH3 is 2.